The van der Waals surface area contributed by atoms with E-state index in [1.165, 1.54) is 11.1 Å². The summed E-state index contributed by atoms with van der Waals surface area (Å²) >= 11 is 5.79. The maximum absolute atomic E-state index is 5.79. The van der Waals surface area contributed by atoms with Gasteiger partial charge in [0.2, 0.25) is 6.79 Å². The Morgan fingerprint density at radius 1 is 0.935 bits per heavy atom. The Morgan fingerprint density at radius 3 is 2.35 bits per heavy atom. The van der Waals surface area contributed by atoms with Crippen LogP contribution in [-0.2, 0) is 13.1 Å². The first-order valence-electron chi connectivity index (χ1n) is 10.3. The van der Waals surface area contributed by atoms with Gasteiger partial charge in [-0.3, -0.25) is 0 Å². The molecule has 0 saturated carbocycles. The molecule has 3 aromatic rings. The lowest BCUT2D eigenvalue weighted by Gasteiger charge is -2.26. The highest BCUT2D eigenvalue weighted by Crippen LogP contribution is 2.33. The number of anilines is 1. The Balaban J connectivity index is 1.51. The van der Waals surface area contributed by atoms with E-state index in [0.717, 1.165) is 28.5 Å². The lowest BCUT2D eigenvalue weighted by Crippen LogP contribution is -2.33. The molecule has 0 radical (unpaired) electrons. The number of ether oxygens (including phenoxy) is 3. The van der Waals surface area contributed by atoms with E-state index < -0.39 is 0 Å². The molecule has 0 fully saturated rings. The van der Waals surface area contributed by atoms with E-state index in [-0.39, 0.29) is 6.79 Å². The number of nitrogens with one attached hydrogen (secondary N) is 1. The van der Waals surface area contributed by atoms with Gasteiger partial charge in [0, 0.05) is 18.8 Å². The zero-order valence-corrected chi connectivity index (χ0v) is 18.6. The van der Waals surface area contributed by atoms with Gasteiger partial charge in [-0.25, -0.2) is 0 Å². The van der Waals surface area contributed by atoms with Gasteiger partial charge in [0.1, 0.15) is 5.75 Å². The third-order valence-corrected chi connectivity index (χ3v) is 5.37. The number of nitrogens with zero attached hydrogens (tertiary/aromatic N) is 1. The van der Waals surface area contributed by atoms with Crippen molar-refractivity contribution in [2.24, 2.45) is 0 Å². The first-order chi connectivity index (χ1) is 15.1. The fraction of sp³-hybridized carbons (Fsp3) is 0.240. The van der Waals surface area contributed by atoms with Crippen molar-refractivity contribution in [2.75, 3.05) is 18.7 Å². The number of thiocarbonyl (C=S) groups is 1. The van der Waals surface area contributed by atoms with Gasteiger partial charge >= 0.3 is 0 Å². The molecule has 4 rings (SSSR count). The molecule has 31 heavy (non-hydrogen) atoms. The molecule has 1 heterocycles. The minimum Gasteiger partial charge on any atom is -0.494 e. The molecule has 0 unspecified atom stereocenters. The van der Waals surface area contributed by atoms with E-state index in [1.807, 2.05) is 43.3 Å². The third-order valence-electron chi connectivity index (χ3n) is 5.01. The van der Waals surface area contributed by atoms with Gasteiger partial charge in [-0.05, 0) is 73.6 Å². The second-order valence-electron chi connectivity index (χ2n) is 7.42. The van der Waals surface area contributed by atoms with Crippen LogP contribution in [-0.4, -0.2) is 23.4 Å². The predicted molar refractivity (Wildman–Crippen MR) is 127 cm³/mol. The van der Waals surface area contributed by atoms with Crippen molar-refractivity contribution < 1.29 is 14.2 Å². The Kier molecular flexibility index (Phi) is 6.57. The summed E-state index contributed by atoms with van der Waals surface area (Å²) in [5.41, 5.74) is 4.46. The van der Waals surface area contributed by atoms with Crippen molar-refractivity contribution in [2.45, 2.75) is 26.9 Å². The number of hydrogen-bond acceptors (Lipinski definition) is 4. The minimum atomic E-state index is 0.267. The lowest BCUT2D eigenvalue weighted by molar-refractivity contribution is 0.174. The van der Waals surface area contributed by atoms with E-state index in [9.17, 15) is 0 Å². The van der Waals surface area contributed by atoms with Crippen molar-refractivity contribution in [1.29, 1.82) is 0 Å². The summed E-state index contributed by atoms with van der Waals surface area (Å²) in [7, 11) is 0. The normalized spacial score (nSPS) is 11.8. The molecule has 3 aromatic carbocycles. The highest BCUT2D eigenvalue weighted by molar-refractivity contribution is 7.80. The zero-order chi connectivity index (χ0) is 21.6. The van der Waals surface area contributed by atoms with E-state index in [1.54, 1.807) is 0 Å². The molecule has 160 valence electrons. The average Bonchev–Trinajstić information content (AvgIpc) is 3.24. The van der Waals surface area contributed by atoms with E-state index >= 15 is 0 Å². The minimum absolute atomic E-state index is 0.267. The second kappa shape index (κ2) is 9.71. The summed E-state index contributed by atoms with van der Waals surface area (Å²) in [6.45, 7) is 6.31. The van der Waals surface area contributed by atoms with E-state index in [4.69, 9.17) is 26.4 Å². The number of benzene rings is 3. The van der Waals surface area contributed by atoms with Gasteiger partial charge in [0.25, 0.3) is 0 Å². The SMILES string of the molecule is CCOc1ccc(NC(=S)N(Cc2ccc(C)cc2)Cc2ccc3c(c2)OCO3)cc1. The van der Waals surface area contributed by atoms with Crippen LogP contribution >= 0.6 is 12.2 Å². The van der Waals surface area contributed by atoms with Crippen LogP contribution in [0.2, 0.25) is 0 Å². The molecule has 0 bridgehead atoms. The van der Waals surface area contributed by atoms with Gasteiger partial charge in [-0.15, -0.1) is 0 Å². The smallest absolute Gasteiger partial charge is 0.231 e. The van der Waals surface area contributed by atoms with Crippen LogP contribution in [0.3, 0.4) is 0 Å². The largest absolute Gasteiger partial charge is 0.494 e. The highest BCUT2D eigenvalue weighted by Gasteiger charge is 2.16. The number of rotatable bonds is 7. The Bertz CT molecular complexity index is 1040. The standard InChI is InChI=1S/C25H26N2O3S/c1-3-28-22-11-9-21(10-12-22)26-25(31)27(15-19-6-4-18(2)5-7-19)16-20-8-13-23-24(14-20)30-17-29-23/h4-14H,3,15-17H2,1-2H3,(H,26,31). The predicted octanol–water partition coefficient (Wildman–Crippen LogP) is 5.52. The molecule has 0 aliphatic carbocycles. The Labute approximate surface area is 188 Å². The van der Waals surface area contributed by atoms with Crippen molar-refractivity contribution in [3.05, 3.63) is 83.4 Å². The molecule has 0 saturated heterocycles. The fourth-order valence-corrected chi connectivity index (χ4v) is 3.62. The van der Waals surface area contributed by atoms with Crippen LogP contribution in [0.4, 0.5) is 5.69 Å². The van der Waals surface area contributed by atoms with Crippen LogP contribution in [0, 0.1) is 6.92 Å². The third kappa shape index (κ3) is 5.47. The van der Waals surface area contributed by atoms with Crippen LogP contribution in [0.5, 0.6) is 17.2 Å². The summed E-state index contributed by atoms with van der Waals surface area (Å²) in [4.78, 5) is 2.15. The maximum Gasteiger partial charge on any atom is 0.231 e. The van der Waals surface area contributed by atoms with Crippen LogP contribution < -0.4 is 19.5 Å². The first-order valence-corrected chi connectivity index (χ1v) is 10.7. The summed E-state index contributed by atoms with van der Waals surface area (Å²) in [6, 6.07) is 22.4. The molecule has 1 N–H and O–H groups in total. The zero-order valence-electron chi connectivity index (χ0n) is 17.8. The molecule has 1 aliphatic heterocycles. The van der Waals surface area contributed by atoms with Gasteiger partial charge in [0.15, 0.2) is 16.6 Å². The average molecular weight is 435 g/mol. The molecule has 6 heteroatoms. The molecule has 0 amide bonds. The number of fused-ring (bicyclic) bond motifs is 1. The molecule has 0 atom stereocenters. The summed E-state index contributed by atoms with van der Waals surface area (Å²) in [5.74, 6) is 2.40. The molecule has 0 aromatic heterocycles. The van der Waals surface area contributed by atoms with Crippen LogP contribution in [0.1, 0.15) is 23.6 Å². The summed E-state index contributed by atoms with van der Waals surface area (Å²) in [6.07, 6.45) is 0. The molecule has 0 spiro atoms. The lowest BCUT2D eigenvalue weighted by atomic mass is 10.1. The van der Waals surface area contributed by atoms with Crippen molar-refractivity contribution in [1.82, 2.24) is 4.90 Å². The van der Waals surface area contributed by atoms with Crippen molar-refractivity contribution in [3.63, 3.8) is 0 Å². The van der Waals surface area contributed by atoms with Gasteiger partial charge in [0.05, 0.1) is 6.61 Å². The number of hydrogen-bond donors (Lipinski definition) is 1. The monoisotopic (exact) mass is 434 g/mol. The van der Waals surface area contributed by atoms with Crippen LogP contribution in [0.25, 0.3) is 0 Å². The van der Waals surface area contributed by atoms with Gasteiger partial charge < -0.3 is 24.4 Å². The van der Waals surface area contributed by atoms with E-state index in [0.29, 0.717) is 24.8 Å². The maximum atomic E-state index is 5.79. The van der Waals surface area contributed by atoms with E-state index in [2.05, 4.69) is 47.5 Å². The second-order valence-corrected chi connectivity index (χ2v) is 7.80. The van der Waals surface area contributed by atoms with Gasteiger partial charge in [-0.2, -0.15) is 0 Å². The van der Waals surface area contributed by atoms with Crippen molar-refractivity contribution in [3.8, 4) is 17.2 Å². The first kappa shape index (κ1) is 21.0. The topological polar surface area (TPSA) is 43.0 Å². The summed E-state index contributed by atoms with van der Waals surface area (Å²) < 4.78 is 16.5. The van der Waals surface area contributed by atoms with Crippen LogP contribution in [0.15, 0.2) is 66.7 Å². The van der Waals surface area contributed by atoms with Gasteiger partial charge in [-0.1, -0.05) is 35.9 Å². The summed E-state index contributed by atoms with van der Waals surface area (Å²) in [5, 5.41) is 4.02. The molecule has 1 aliphatic rings. The number of aryl methyl sites for hydroxylation is 1. The molecular weight excluding hydrogens is 408 g/mol. The fourth-order valence-electron chi connectivity index (χ4n) is 3.38. The Hall–Kier alpha value is -3.25. The van der Waals surface area contributed by atoms with Crippen molar-refractivity contribution >= 4 is 23.0 Å². The quantitative estimate of drug-likeness (QED) is 0.494. The highest BCUT2D eigenvalue weighted by atomic mass is 32.1. The molecular formula is C25H26N2O3S. The Morgan fingerprint density at radius 2 is 1.61 bits per heavy atom. The molecule has 5 nitrogen and oxygen atoms in total.